The third-order valence-electron chi connectivity index (χ3n) is 4.22. The van der Waals surface area contributed by atoms with Crippen molar-refractivity contribution >= 4 is 40.3 Å². The zero-order chi connectivity index (χ0) is 19.9. The largest absolute Gasteiger partial charge is 0.494 e. The van der Waals surface area contributed by atoms with Crippen molar-refractivity contribution in [3.8, 4) is 11.5 Å². The van der Waals surface area contributed by atoms with E-state index in [0.29, 0.717) is 34.7 Å². The highest BCUT2D eigenvalue weighted by molar-refractivity contribution is 8.26. The van der Waals surface area contributed by atoms with Crippen LogP contribution in [0.3, 0.4) is 0 Å². The highest BCUT2D eigenvalue weighted by Gasteiger charge is 2.31. The van der Waals surface area contributed by atoms with E-state index < -0.39 is 0 Å². The molecule has 1 aliphatic heterocycles. The molecular weight excluding hydrogens is 390 g/mol. The number of hydrogen-bond acceptors (Lipinski definition) is 5. The number of hydrogen-bond donors (Lipinski definition) is 0. The van der Waals surface area contributed by atoms with Crippen molar-refractivity contribution in [1.29, 1.82) is 0 Å². The van der Waals surface area contributed by atoms with Gasteiger partial charge in [0.05, 0.1) is 18.1 Å². The second-order valence-corrected chi connectivity index (χ2v) is 7.81. The van der Waals surface area contributed by atoms with Gasteiger partial charge in [0.25, 0.3) is 5.91 Å². The van der Waals surface area contributed by atoms with Crippen LogP contribution in [0.4, 0.5) is 0 Å². The molecule has 0 bridgehead atoms. The lowest BCUT2D eigenvalue weighted by Crippen LogP contribution is -2.30. The van der Waals surface area contributed by atoms with E-state index in [-0.39, 0.29) is 5.91 Å². The molecule has 0 atom stereocenters. The number of carbonyl (C=O) groups is 1. The van der Waals surface area contributed by atoms with Crippen molar-refractivity contribution in [3.63, 3.8) is 0 Å². The lowest BCUT2D eigenvalue weighted by molar-refractivity contribution is -0.122. The van der Waals surface area contributed by atoms with Gasteiger partial charge < -0.3 is 9.47 Å². The van der Waals surface area contributed by atoms with E-state index in [0.717, 1.165) is 17.7 Å². The number of benzene rings is 2. The van der Waals surface area contributed by atoms with Gasteiger partial charge in [0.2, 0.25) is 0 Å². The summed E-state index contributed by atoms with van der Waals surface area (Å²) in [4.78, 5) is 15.2. The monoisotopic (exact) mass is 413 g/mol. The standard InChI is InChI=1S/C22H23NO3S2/c1-3-25-18-11-10-17(19(15-18)26-4-2)14-20-21(24)23(22(27)28-20)13-12-16-8-6-5-7-9-16/h5-11,14-15H,3-4,12-13H2,1-2H3/b20-14-. The van der Waals surface area contributed by atoms with E-state index in [2.05, 4.69) is 12.1 Å². The van der Waals surface area contributed by atoms with Crippen molar-refractivity contribution in [2.24, 2.45) is 0 Å². The van der Waals surface area contributed by atoms with Crippen molar-refractivity contribution in [2.45, 2.75) is 20.3 Å². The van der Waals surface area contributed by atoms with Crippen LogP contribution in [0.25, 0.3) is 6.08 Å². The molecule has 0 spiro atoms. The number of nitrogens with zero attached hydrogens (tertiary/aromatic N) is 1. The first-order valence-corrected chi connectivity index (χ1v) is 10.5. The van der Waals surface area contributed by atoms with Crippen LogP contribution < -0.4 is 9.47 Å². The van der Waals surface area contributed by atoms with Crippen LogP contribution in [0.2, 0.25) is 0 Å². The molecule has 146 valence electrons. The fourth-order valence-corrected chi connectivity index (χ4v) is 4.19. The molecule has 0 radical (unpaired) electrons. The second-order valence-electron chi connectivity index (χ2n) is 6.13. The van der Waals surface area contributed by atoms with Gasteiger partial charge in [-0.15, -0.1) is 0 Å². The second kappa shape index (κ2) is 9.75. The van der Waals surface area contributed by atoms with Crippen LogP contribution in [-0.2, 0) is 11.2 Å². The minimum atomic E-state index is -0.0535. The summed E-state index contributed by atoms with van der Waals surface area (Å²) < 4.78 is 11.9. The van der Waals surface area contributed by atoms with E-state index in [9.17, 15) is 4.79 Å². The first-order valence-electron chi connectivity index (χ1n) is 9.31. The summed E-state index contributed by atoms with van der Waals surface area (Å²) in [6, 6.07) is 15.7. The molecule has 3 rings (SSSR count). The maximum absolute atomic E-state index is 12.9. The van der Waals surface area contributed by atoms with Crippen LogP contribution in [-0.4, -0.2) is 34.9 Å². The van der Waals surface area contributed by atoms with E-state index in [1.807, 2.05) is 56.3 Å². The fourth-order valence-electron chi connectivity index (χ4n) is 2.89. The number of ether oxygens (including phenoxy) is 2. The summed E-state index contributed by atoms with van der Waals surface area (Å²) in [6.45, 7) is 5.57. The van der Waals surface area contributed by atoms with Crippen molar-refractivity contribution < 1.29 is 14.3 Å². The molecular formula is C22H23NO3S2. The zero-order valence-electron chi connectivity index (χ0n) is 16.0. The molecule has 0 N–H and O–H groups in total. The van der Waals surface area contributed by atoms with Gasteiger partial charge in [-0.1, -0.05) is 54.3 Å². The third-order valence-corrected chi connectivity index (χ3v) is 5.60. The third kappa shape index (κ3) is 4.94. The SMILES string of the molecule is CCOc1ccc(/C=C2\SC(=S)N(CCc3ccccc3)C2=O)c(OCC)c1. The minimum absolute atomic E-state index is 0.0535. The highest BCUT2D eigenvalue weighted by Crippen LogP contribution is 2.35. The molecule has 2 aromatic carbocycles. The molecule has 6 heteroatoms. The maximum atomic E-state index is 12.9. The molecule has 1 saturated heterocycles. The lowest BCUT2D eigenvalue weighted by Gasteiger charge is -2.14. The zero-order valence-corrected chi connectivity index (χ0v) is 17.6. The number of amides is 1. The topological polar surface area (TPSA) is 38.8 Å². The quantitative estimate of drug-likeness (QED) is 0.453. The predicted octanol–water partition coefficient (Wildman–Crippen LogP) is 4.93. The lowest BCUT2D eigenvalue weighted by atomic mass is 10.1. The van der Waals surface area contributed by atoms with Gasteiger partial charge in [-0.25, -0.2) is 0 Å². The number of rotatable bonds is 8. The Labute approximate surface area is 175 Å². The number of thiocarbonyl (C=S) groups is 1. The Morgan fingerprint density at radius 1 is 1.07 bits per heavy atom. The molecule has 2 aromatic rings. The molecule has 4 nitrogen and oxygen atoms in total. The van der Waals surface area contributed by atoms with Gasteiger partial charge >= 0.3 is 0 Å². The van der Waals surface area contributed by atoms with E-state index in [1.165, 1.54) is 17.3 Å². The average molecular weight is 414 g/mol. The van der Waals surface area contributed by atoms with Gasteiger partial charge in [0.1, 0.15) is 15.8 Å². The van der Waals surface area contributed by atoms with E-state index >= 15 is 0 Å². The predicted molar refractivity (Wildman–Crippen MR) is 119 cm³/mol. The van der Waals surface area contributed by atoms with Crippen LogP contribution in [0.15, 0.2) is 53.4 Å². The van der Waals surface area contributed by atoms with Gasteiger partial charge in [0, 0.05) is 18.2 Å². The van der Waals surface area contributed by atoms with Crippen LogP contribution in [0.5, 0.6) is 11.5 Å². The molecule has 1 aliphatic rings. The van der Waals surface area contributed by atoms with Crippen LogP contribution in [0.1, 0.15) is 25.0 Å². The van der Waals surface area contributed by atoms with Gasteiger partial charge in [0.15, 0.2) is 0 Å². The first-order chi connectivity index (χ1) is 13.6. The van der Waals surface area contributed by atoms with E-state index in [1.54, 1.807) is 4.90 Å². The number of thioether (sulfide) groups is 1. The number of carbonyl (C=O) groups excluding carboxylic acids is 1. The molecule has 28 heavy (non-hydrogen) atoms. The Morgan fingerprint density at radius 2 is 1.82 bits per heavy atom. The molecule has 1 heterocycles. The summed E-state index contributed by atoms with van der Waals surface area (Å²) in [6.07, 6.45) is 2.62. The molecule has 1 fully saturated rings. The van der Waals surface area contributed by atoms with Crippen molar-refractivity contribution in [2.75, 3.05) is 19.8 Å². The molecule has 1 amide bonds. The highest BCUT2D eigenvalue weighted by atomic mass is 32.2. The Morgan fingerprint density at radius 3 is 2.54 bits per heavy atom. The average Bonchev–Trinajstić information content (AvgIpc) is 2.96. The van der Waals surface area contributed by atoms with Gasteiger partial charge in [-0.3, -0.25) is 9.69 Å². The Hall–Kier alpha value is -2.31. The maximum Gasteiger partial charge on any atom is 0.266 e. The van der Waals surface area contributed by atoms with Crippen molar-refractivity contribution in [1.82, 2.24) is 4.90 Å². The van der Waals surface area contributed by atoms with Crippen LogP contribution in [0, 0.1) is 0 Å². The molecule has 0 saturated carbocycles. The Bertz CT molecular complexity index is 881. The van der Waals surface area contributed by atoms with E-state index in [4.69, 9.17) is 21.7 Å². The normalized spacial score (nSPS) is 15.4. The minimum Gasteiger partial charge on any atom is -0.494 e. The molecule has 0 aromatic heterocycles. The first kappa shape index (κ1) is 20.4. The summed E-state index contributed by atoms with van der Waals surface area (Å²) in [5, 5.41) is 0. The smallest absolute Gasteiger partial charge is 0.266 e. The summed E-state index contributed by atoms with van der Waals surface area (Å²) in [5.74, 6) is 1.39. The Balaban J connectivity index is 1.77. The molecule has 0 unspecified atom stereocenters. The Kier molecular flexibility index (Phi) is 7.12. The molecule has 0 aliphatic carbocycles. The fraction of sp³-hybridized carbons (Fsp3) is 0.273. The summed E-state index contributed by atoms with van der Waals surface area (Å²) in [7, 11) is 0. The van der Waals surface area contributed by atoms with Gasteiger partial charge in [-0.05, 0) is 44.0 Å². The van der Waals surface area contributed by atoms with Gasteiger partial charge in [-0.2, -0.15) is 0 Å². The summed E-state index contributed by atoms with van der Waals surface area (Å²) >= 11 is 6.78. The van der Waals surface area contributed by atoms with Crippen molar-refractivity contribution in [3.05, 3.63) is 64.6 Å². The van der Waals surface area contributed by atoms with Crippen LogP contribution >= 0.6 is 24.0 Å². The summed E-state index contributed by atoms with van der Waals surface area (Å²) in [5.41, 5.74) is 2.03.